The highest BCUT2D eigenvalue weighted by atomic mass is 16.4. The average molecular weight is 187 g/mol. The molecule has 5 heteroatoms. The van der Waals surface area contributed by atoms with E-state index in [1.165, 1.54) is 6.92 Å². The van der Waals surface area contributed by atoms with Gasteiger partial charge in [0.1, 0.15) is 5.71 Å². The van der Waals surface area contributed by atoms with Crippen molar-refractivity contribution >= 4 is 11.6 Å². The van der Waals surface area contributed by atoms with Gasteiger partial charge in [0.2, 0.25) is 0 Å². The summed E-state index contributed by atoms with van der Waals surface area (Å²) in [6.07, 6.45) is 0.886. The zero-order valence-electron chi connectivity index (χ0n) is 8.37. The van der Waals surface area contributed by atoms with Crippen LogP contribution < -0.4 is 5.32 Å². The first-order chi connectivity index (χ1) is 6.07. The summed E-state index contributed by atoms with van der Waals surface area (Å²) in [4.78, 5) is 13.0. The molecule has 0 radical (unpaired) electrons. The molecule has 0 saturated heterocycles. The first-order valence-corrected chi connectivity index (χ1v) is 4.19. The van der Waals surface area contributed by atoms with E-state index in [0.717, 1.165) is 13.0 Å². The van der Waals surface area contributed by atoms with Crippen molar-refractivity contribution in [2.75, 3.05) is 27.2 Å². The molecule has 0 heterocycles. The monoisotopic (exact) mass is 187 g/mol. The van der Waals surface area contributed by atoms with E-state index in [-0.39, 0.29) is 11.6 Å². The number of nitrogens with zero attached hydrogens (tertiary/aromatic N) is 2. The number of oxime groups is 1. The van der Waals surface area contributed by atoms with Crippen LogP contribution in [0, 0.1) is 0 Å². The number of carbonyl (C=O) groups is 1. The summed E-state index contributed by atoms with van der Waals surface area (Å²) in [5.41, 5.74) is 0.0878. The van der Waals surface area contributed by atoms with Gasteiger partial charge in [-0.3, -0.25) is 4.79 Å². The summed E-state index contributed by atoms with van der Waals surface area (Å²) in [6, 6.07) is 0. The van der Waals surface area contributed by atoms with Crippen LogP contribution in [0.1, 0.15) is 13.3 Å². The Labute approximate surface area is 78.4 Å². The van der Waals surface area contributed by atoms with E-state index in [9.17, 15) is 4.79 Å². The van der Waals surface area contributed by atoms with Gasteiger partial charge in [-0.05, 0) is 34.0 Å². The van der Waals surface area contributed by atoms with Crippen molar-refractivity contribution < 1.29 is 10.0 Å². The van der Waals surface area contributed by atoms with Gasteiger partial charge in [-0.25, -0.2) is 0 Å². The summed E-state index contributed by atoms with van der Waals surface area (Å²) >= 11 is 0. The highest BCUT2D eigenvalue weighted by Gasteiger charge is 2.04. The lowest BCUT2D eigenvalue weighted by Crippen LogP contribution is -2.31. The largest absolute Gasteiger partial charge is 0.410 e. The van der Waals surface area contributed by atoms with E-state index in [4.69, 9.17) is 5.21 Å². The number of hydrogen-bond acceptors (Lipinski definition) is 4. The molecule has 0 aromatic rings. The molecule has 0 fully saturated rings. The molecule has 0 aliphatic rings. The average Bonchev–Trinajstić information content (AvgIpc) is 2.10. The molecule has 0 saturated carbocycles. The zero-order valence-corrected chi connectivity index (χ0v) is 8.37. The minimum Gasteiger partial charge on any atom is -0.410 e. The Hall–Kier alpha value is -1.10. The standard InChI is InChI=1S/C8H17N3O2/c1-7(10-13)8(12)9-5-4-6-11(2)3/h13H,4-6H2,1-3H3,(H,9,12)/b10-7+. The zero-order chi connectivity index (χ0) is 10.3. The summed E-state index contributed by atoms with van der Waals surface area (Å²) in [5.74, 6) is -0.318. The van der Waals surface area contributed by atoms with E-state index in [2.05, 4.69) is 10.5 Å². The maximum Gasteiger partial charge on any atom is 0.268 e. The fourth-order valence-electron chi connectivity index (χ4n) is 0.771. The summed E-state index contributed by atoms with van der Waals surface area (Å²) < 4.78 is 0. The summed E-state index contributed by atoms with van der Waals surface area (Å²) in [6.45, 7) is 2.99. The van der Waals surface area contributed by atoms with Crippen molar-refractivity contribution in [2.24, 2.45) is 5.16 Å². The molecule has 0 aromatic carbocycles. The Morgan fingerprint density at radius 3 is 2.62 bits per heavy atom. The molecule has 13 heavy (non-hydrogen) atoms. The molecule has 0 aliphatic carbocycles. The van der Waals surface area contributed by atoms with Crippen molar-refractivity contribution in [1.82, 2.24) is 10.2 Å². The van der Waals surface area contributed by atoms with Gasteiger partial charge in [0.05, 0.1) is 0 Å². The molecule has 2 N–H and O–H groups in total. The smallest absolute Gasteiger partial charge is 0.268 e. The van der Waals surface area contributed by atoms with Gasteiger partial charge in [0.15, 0.2) is 0 Å². The number of nitrogens with one attached hydrogen (secondary N) is 1. The molecule has 0 aromatic heterocycles. The van der Waals surface area contributed by atoms with Crippen molar-refractivity contribution in [2.45, 2.75) is 13.3 Å². The second kappa shape index (κ2) is 6.42. The van der Waals surface area contributed by atoms with E-state index >= 15 is 0 Å². The van der Waals surface area contributed by atoms with E-state index < -0.39 is 0 Å². The van der Waals surface area contributed by atoms with Crippen molar-refractivity contribution in [3.63, 3.8) is 0 Å². The first kappa shape index (κ1) is 11.9. The SMILES string of the molecule is C/C(=N\O)C(=O)NCCCN(C)C. The minimum absolute atomic E-state index is 0.0878. The van der Waals surface area contributed by atoms with Crippen LogP contribution in [0.4, 0.5) is 0 Å². The van der Waals surface area contributed by atoms with E-state index in [0.29, 0.717) is 6.54 Å². The van der Waals surface area contributed by atoms with Gasteiger partial charge < -0.3 is 15.4 Å². The quantitative estimate of drug-likeness (QED) is 0.273. The van der Waals surface area contributed by atoms with Crippen molar-refractivity contribution in [1.29, 1.82) is 0 Å². The molecule has 0 unspecified atom stereocenters. The van der Waals surface area contributed by atoms with Gasteiger partial charge in [0, 0.05) is 6.54 Å². The Balaban J connectivity index is 3.49. The number of amides is 1. The second-order valence-electron chi connectivity index (χ2n) is 3.10. The van der Waals surface area contributed by atoms with Crippen molar-refractivity contribution in [3.05, 3.63) is 0 Å². The maximum absolute atomic E-state index is 11.0. The van der Waals surface area contributed by atoms with Crippen LogP contribution in [0.15, 0.2) is 5.16 Å². The van der Waals surface area contributed by atoms with Crippen molar-refractivity contribution in [3.8, 4) is 0 Å². The topological polar surface area (TPSA) is 64.9 Å². The van der Waals surface area contributed by atoms with Crippen LogP contribution >= 0.6 is 0 Å². The molecule has 5 nitrogen and oxygen atoms in total. The third-order valence-electron chi connectivity index (χ3n) is 1.55. The highest BCUT2D eigenvalue weighted by Crippen LogP contribution is 1.82. The maximum atomic E-state index is 11.0. The predicted octanol–water partition coefficient (Wildman–Crippen LogP) is -0.0956. The Kier molecular flexibility index (Phi) is 5.88. The molecule has 76 valence electrons. The summed E-state index contributed by atoms with van der Waals surface area (Å²) in [5, 5.41) is 13.7. The molecule has 0 atom stereocenters. The van der Waals surface area contributed by atoms with Crippen LogP contribution in [0.2, 0.25) is 0 Å². The molecule has 0 aliphatic heterocycles. The molecule has 0 spiro atoms. The minimum atomic E-state index is -0.318. The lowest BCUT2D eigenvalue weighted by Gasteiger charge is -2.09. The Morgan fingerprint density at radius 1 is 1.54 bits per heavy atom. The Morgan fingerprint density at radius 2 is 2.15 bits per heavy atom. The molecular weight excluding hydrogens is 170 g/mol. The number of carbonyl (C=O) groups excluding carboxylic acids is 1. The Bertz CT molecular complexity index is 190. The fraction of sp³-hybridized carbons (Fsp3) is 0.750. The van der Waals surface area contributed by atoms with E-state index in [1.807, 2.05) is 19.0 Å². The fourth-order valence-corrected chi connectivity index (χ4v) is 0.771. The molecule has 0 rings (SSSR count). The van der Waals surface area contributed by atoms with Gasteiger partial charge in [0.25, 0.3) is 5.91 Å². The van der Waals surface area contributed by atoms with Gasteiger partial charge in [-0.15, -0.1) is 0 Å². The molecule has 0 bridgehead atoms. The molecule has 1 amide bonds. The summed E-state index contributed by atoms with van der Waals surface area (Å²) in [7, 11) is 3.95. The van der Waals surface area contributed by atoms with Crippen LogP contribution in [-0.4, -0.2) is 48.9 Å². The second-order valence-corrected chi connectivity index (χ2v) is 3.10. The van der Waals surface area contributed by atoms with Crippen LogP contribution in [0.25, 0.3) is 0 Å². The third kappa shape index (κ3) is 6.10. The number of rotatable bonds is 5. The normalized spacial score (nSPS) is 11.8. The van der Waals surface area contributed by atoms with Crippen LogP contribution in [-0.2, 0) is 4.79 Å². The molecular formula is C8H17N3O2. The first-order valence-electron chi connectivity index (χ1n) is 4.19. The highest BCUT2D eigenvalue weighted by molar-refractivity contribution is 6.37. The number of hydrogen-bond donors (Lipinski definition) is 2. The van der Waals surface area contributed by atoms with Gasteiger partial charge in [-0.1, -0.05) is 5.16 Å². The third-order valence-corrected chi connectivity index (χ3v) is 1.55. The van der Waals surface area contributed by atoms with Gasteiger partial charge in [-0.2, -0.15) is 0 Å². The van der Waals surface area contributed by atoms with Gasteiger partial charge >= 0.3 is 0 Å². The lowest BCUT2D eigenvalue weighted by molar-refractivity contribution is -0.115. The van der Waals surface area contributed by atoms with Crippen LogP contribution in [0.5, 0.6) is 0 Å². The van der Waals surface area contributed by atoms with E-state index in [1.54, 1.807) is 0 Å². The van der Waals surface area contributed by atoms with Crippen LogP contribution in [0.3, 0.4) is 0 Å². The lowest BCUT2D eigenvalue weighted by atomic mass is 10.3. The predicted molar refractivity (Wildman–Crippen MR) is 51.1 cm³/mol.